The van der Waals surface area contributed by atoms with Gasteiger partial charge in [-0.15, -0.1) is 0 Å². The quantitative estimate of drug-likeness (QED) is 0.345. The maximum Gasteiger partial charge on any atom is 0.126 e. The lowest BCUT2D eigenvalue weighted by Gasteiger charge is -2.33. The molecule has 0 fully saturated rings. The van der Waals surface area contributed by atoms with Crippen LogP contribution in [-0.4, -0.2) is 18.0 Å². The van der Waals surface area contributed by atoms with Crippen LogP contribution >= 0.6 is 7.47 Å². The van der Waals surface area contributed by atoms with Gasteiger partial charge in [-0.3, -0.25) is 0 Å². The second kappa shape index (κ2) is 10.1. The third kappa shape index (κ3) is 5.86. The maximum atomic E-state index is 11.3. The molecule has 0 spiro atoms. The van der Waals surface area contributed by atoms with Crippen molar-refractivity contribution in [1.82, 2.24) is 0 Å². The summed E-state index contributed by atoms with van der Waals surface area (Å²) in [6.45, 7) is 15.7. The number of aryl methyl sites for hydroxylation is 4. The molecule has 160 valence electrons. The van der Waals surface area contributed by atoms with Crippen LogP contribution in [0, 0.1) is 13.8 Å². The van der Waals surface area contributed by atoms with Crippen LogP contribution in [0.15, 0.2) is 24.3 Å². The number of hydrogen-bond donors (Lipinski definition) is 2. The Labute approximate surface area is 180 Å². The molecule has 0 atom stereocenters. The first kappa shape index (κ1) is 24.0. The SMILES string of the molecule is CCCCc1cc(C)cc(P(c2cc(C)cc(CCCC)c2O)[Si](C)(C)C)c1O. The third-order valence-electron chi connectivity index (χ3n) is 5.38. The lowest BCUT2D eigenvalue weighted by Crippen LogP contribution is -2.31. The number of phenols is 2. The van der Waals surface area contributed by atoms with E-state index in [0.717, 1.165) is 60.3 Å². The summed E-state index contributed by atoms with van der Waals surface area (Å²) in [5.74, 6) is 0.933. The molecule has 0 aromatic heterocycles. The summed E-state index contributed by atoms with van der Waals surface area (Å²) in [6.07, 6.45) is 6.22. The van der Waals surface area contributed by atoms with Crippen molar-refractivity contribution in [3.05, 3.63) is 46.5 Å². The molecule has 4 heteroatoms. The van der Waals surface area contributed by atoms with Crippen LogP contribution < -0.4 is 10.6 Å². The van der Waals surface area contributed by atoms with Crippen molar-refractivity contribution in [2.75, 3.05) is 0 Å². The molecular formula is C25H39O2PSi. The van der Waals surface area contributed by atoms with Gasteiger partial charge in [-0.25, -0.2) is 0 Å². The Morgan fingerprint density at radius 1 is 0.724 bits per heavy atom. The van der Waals surface area contributed by atoms with Crippen molar-refractivity contribution in [2.24, 2.45) is 0 Å². The highest BCUT2D eigenvalue weighted by Gasteiger charge is 2.34. The normalized spacial score (nSPS) is 12.0. The first-order chi connectivity index (χ1) is 13.6. The van der Waals surface area contributed by atoms with E-state index in [1.54, 1.807) is 0 Å². The van der Waals surface area contributed by atoms with E-state index in [4.69, 9.17) is 0 Å². The van der Waals surface area contributed by atoms with Crippen molar-refractivity contribution < 1.29 is 10.2 Å². The molecule has 2 N–H and O–H groups in total. The van der Waals surface area contributed by atoms with Crippen LogP contribution in [0.25, 0.3) is 0 Å². The van der Waals surface area contributed by atoms with Gasteiger partial charge in [0, 0.05) is 10.6 Å². The van der Waals surface area contributed by atoms with Gasteiger partial charge in [-0.05, 0) is 73.9 Å². The zero-order valence-corrected chi connectivity index (χ0v) is 21.3. The fourth-order valence-corrected chi connectivity index (χ4v) is 12.4. The third-order valence-corrected chi connectivity index (χ3v) is 13.8. The zero-order valence-electron chi connectivity index (χ0n) is 19.4. The first-order valence-corrected chi connectivity index (χ1v) is 16.7. The molecule has 0 saturated carbocycles. The van der Waals surface area contributed by atoms with Crippen LogP contribution in [0.5, 0.6) is 11.5 Å². The van der Waals surface area contributed by atoms with Gasteiger partial charge >= 0.3 is 0 Å². The van der Waals surface area contributed by atoms with E-state index in [9.17, 15) is 10.2 Å². The fraction of sp³-hybridized carbons (Fsp3) is 0.520. The molecule has 0 aliphatic heterocycles. The molecule has 0 radical (unpaired) electrons. The summed E-state index contributed by atoms with van der Waals surface area (Å²) in [4.78, 5) is 0. The van der Waals surface area contributed by atoms with Crippen LogP contribution in [0.1, 0.15) is 61.8 Å². The summed E-state index contributed by atoms with van der Waals surface area (Å²) in [7, 11) is -2.53. The maximum absolute atomic E-state index is 11.3. The van der Waals surface area contributed by atoms with Crippen molar-refractivity contribution in [3.8, 4) is 11.5 Å². The van der Waals surface area contributed by atoms with Gasteiger partial charge in [0.25, 0.3) is 0 Å². The monoisotopic (exact) mass is 430 g/mol. The van der Waals surface area contributed by atoms with Crippen molar-refractivity contribution in [2.45, 2.75) is 85.9 Å². The molecule has 29 heavy (non-hydrogen) atoms. The average Bonchev–Trinajstić information content (AvgIpc) is 2.63. The van der Waals surface area contributed by atoms with E-state index in [-0.39, 0.29) is 0 Å². The first-order valence-electron chi connectivity index (χ1n) is 11.0. The Balaban J connectivity index is 2.69. The predicted octanol–water partition coefficient (Wildman–Crippen LogP) is 6.67. The summed E-state index contributed by atoms with van der Waals surface area (Å²) in [5.41, 5.74) is 4.53. The second-order valence-corrected chi connectivity index (χ2v) is 20.6. The Morgan fingerprint density at radius 3 is 1.41 bits per heavy atom. The van der Waals surface area contributed by atoms with Gasteiger partial charge in [-0.1, -0.05) is 65.9 Å². The largest absolute Gasteiger partial charge is 0.507 e. The molecule has 0 saturated heterocycles. The minimum Gasteiger partial charge on any atom is -0.507 e. The molecule has 2 aromatic carbocycles. The van der Waals surface area contributed by atoms with Gasteiger partial charge in [0.2, 0.25) is 0 Å². The van der Waals surface area contributed by atoms with Gasteiger partial charge in [0.05, 0.1) is 7.74 Å². The van der Waals surface area contributed by atoms with Gasteiger partial charge in [-0.2, -0.15) is 0 Å². The molecule has 0 bridgehead atoms. The molecule has 2 rings (SSSR count). The molecule has 0 aliphatic rings. The Hall–Kier alpha value is -1.31. The van der Waals surface area contributed by atoms with E-state index in [0.29, 0.717) is 11.5 Å². The van der Waals surface area contributed by atoms with E-state index >= 15 is 0 Å². The summed E-state index contributed by atoms with van der Waals surface area (Å²) < 4.78 is 0. The molecule has 0 heterocycles. The predicted molar refractivity (Wildman–Crippen MR) is 132 cm³/mol. The van der Waals surface area contributed by atoms with Gasteiger partial charge in [0.15, 0.2) is 0 Å². The van der Waals surface area contributed by atoms with Crippen LogP contribution in [-0.2, 0) is 12.8 Å². The fourth-order valence-electron chi connectivity index (χ4n) is 3.98. The van der Waals surface area contributed by atoms with E-state index in [1.165, 1.54) is 11.1 Å². The molecule has 0 aliphatic carbocycles. The highest BCUT2D eigenvalue weighted by Crippen LogP contribution is 2.50. The average molecular weight is 431 g/mol. The number of aromatic hydroxyl groups is 2. The lowest BCUT2D eigenvalue weighted by molar-refractivity contribution is 0.470. The van der Waals surface area contributed by atoms with Gasteiger partial charge in [0.1, 0.15) is 11.5 Å². The van der Waals surface area contributed by atoms with Crippen LogP contribution in [0.4, 0.5) is 0 Å². The summed E-state index contributed by atoms with van der Waals surface area (Å²) >= 11 is 0. The lowest BCUT2D eigenvalue weighted by atomic mass is 10.0. The number of phenolic OH excluding ortho intramolecular Hbond substituents is 2. The minimum atomic E-state index is -1.74. The van der Waals surface area contributed by atoms with Gasteiger partial charge < -0.3 is 10.2 Å². The van der Waals surface area contributed by atoms with E-state index < -0.39 is 15.2 Å². The van der Waals surface area contributed by atoms with Crippen LogP contribution in [0.3, 0.4) is 0 Å². The second-order valence-electron chi connectivity index (χ2n) is 9.30. The number of rotatable bonds is 9. The molecule has 0 amide bonds. The summed E-state index contributed by atoms with van der Waals surface area (Å²) in [5, 5.41) is 24.7. The number of unbranched alkanes of at least 4 members (excludes halogenated alkanes) is 2. The molecule has 2 nitrogen and oxygen atoms in total. The Morgan fingerprint density at radius 2 is 1.10 bits per heavy atom. The molecule has 2 aromatic rings. The van der Waals surface area contributed by atoms with E-state index in [1.807, 2.05) is 0 Å². The highest BCUT2D eigenvalue weighted by atomic mass is 31.4. The van der Waals surface area contributed by atoms with Crippen LogP contribution in [0.2, 0.25) is 19.6 Å². The smallest absolute Gasteiger partial charge is 0.126 e. The number of hydrogen-bond acceptors (Lipinski definition) is 2. The van der Waals surface area contributed by atoms with E-state index in [2.05, 4.69) is 71.6 Å². The standard InChI is InChI=1S/C25H39O2PSi/c1-8-10-12-20-14-18(3)16-22(24(20)26)28(29(5,6)7)23-17-19(4)15-21(25(23)27)13-11-9-2/h14-17,26-27H,8-13H2,1-7H3. The Kier molecular flexibility index (Phi) is 8.37. The Bertz CT molecular complexity index is 776. The number of benzene rings is 2. The molecular weight excluding hydrogens is 391 g/mol. The zero-order chi connectivity index (χ0) is 21.8. The van der Waals surface area contributed by atoms with Crippen molar-refractivity contribution >= 4 is 25.8 Å². The molecule has 0 unspecified atom stereocenters. The minimum absolute atomic E-state index is 0.466. The summed E-state index contributed by atoms with van der Waals surface area (Å²) in [6, 6.07) is 8.61. The van der Waals surface area contributed by atoms with Crippen molar-refractivity contribution in [1.29, 1.82) is 0 Å². The highest BCUT2D eigenvalue weighted by molar-refractivity contribution is 8.04. The topological polar surface area (TPSA) is 40.5 Å². The van der Waals surface area contributed by atoms with Crippen molar-refractivity contribution in [3.63, 3.8) is 0 Å².